The summed E-state index contributed by atoms with van der Waals surface area (Å²) in [5, 5.41) is 5.29. The Morgan fingerprint density at radius 2 is 1.81 bits per heavy atom. The van der Waals surface area contributed by atoms with Gasteiger partial charge >= 0.3 is 0 Å². The lowest BCUT2D eigenvalue weighted by molar-refractivity contribution is -0.118. The van der Waals surface area contributed by atoms with Crippen LogP contribution >= 0.6 is 0 Å². The molecule has 0 aliphatic carbocycles. The average molecular weight is 374 g/mol. The van der Waals surface area contributed by atoms with Crippen molar-refractivity contribution in [1.29, 1.82) is 0 Å². The number of para-hydroxylation sites is 2. The van der Waals surface area contributed by atoms with Gasteiger partial charge in [0.15, 0.2) is 6.61 Å². The molecule has 27 heavy (non-hydrogen) atoms. The van der Waals surface area contributed by atoms with Gasteiger partial charge in [0, 0.05) is 19.8 Å². The van der Waals surface area contributed by atoms with E-state index in [0.29, 0.717) is 18.6 Å². The fourth-order valence-corrected chi connectivity index (χ4v) is 2.34. The molecule has 0 bridgehead atoms. The molecule has 0 saturated heterocycles. The molecule has 0 heterocycles. The third-order valence-corrected chi connectivity index (χ3v) is 3.77. The van der Waals surface area contributed by atoms with Crippen molar-refractivity contribution in [3.05, 3.63) is 59.9 Å². The van der Waals surface area contributed by atoms with E-state index < -0.39 is 11.7 Å². The SMILES string of the molecule is COCCC(C)NC(=O)c1ccccc1OCC(=O)Nc1ccccc1F. The van der Waals surface area contributed by atoms with Crippen LogP contribution in [-0.4, -0.2) is 38.2 Å². The van der Waals surface area contributed by atoms with Gasteiger partial charge in [0.1, 0.15) is 11.6 Å². The predicted octanol–water partition coefficient (Wildman–Crippen LogP) is 3.00. The third kappa shape index (κ3) is 6.38. The molecular formula is C20H23FN2O4. The first-order chi connectivity index (χ1) is 13.0. The molecule has 2 amide bonds. The second kappa shape index (κ2) is 10.3. The molecule has 0 saturated carbocycles. The number of carbonyl (C=O) groups is 2. The normalized spacial score (nSPS) is 11.5. The molecule has 6 nitrogen and oxygen atoms in total. The van der Waals surface area contributed by atoms with Gasteiger partial charge in [-0.05, 0) is 37.6 Å². The van der Waals surface area contributed by atoms with Gasteiger partial charge in [-0.3, -0.25) is 9.59 Å². The van der Waals surface area contributed by atoms with Gasteiger partial charge in [-0.25, -0.2) is 4.39 Å². The summed E-state index contributed by atoms with van der Waals surface area (Å²) in [4.78, 5) is 24.4. The van der Waals surface area contributed by atoms with Crippen LogP contribution in [-0.2, 0) is 9.53 Å². The number of methoxy groups -OCH3 is 1. The summed E-state index contributed by atoms with van der Waals surface area (Å²) < 4.78 is 24.0. The number of amides is 2. The first-order valence-electron chi connectivity index (χ1n) is 8.57. The maximum absolute atomic E-state index is 13.6. The number of benzene rings is 2. The van der Waals surface area contributed by atoms with Crippen LogP contribution in [0.25, 0.3) is 0 Å². The maximum Gasteiger partial charge on any atom is 0.262 e. The number of nitrogens with one attached hydrogen (secondary N) is 2. The number of halogens is 1. The first kappa shape index (κ1) is 20.4. The van der Waals surface area contributed by atoms with E-state index in [0.717, 1.165) is 0 Å². The average Bonchev–Trinajstić information content (AvgIpc) is 2.66. The molecule has 7 heteroatoms. The van der Waals surface area contributed by atoms with Crippen molar-refractivity contribution in [2.24, 2.45) is 0 Å². The molecule has 2 aromatic rings. The number of carbonyl (C=O) groups excluding carboxylic acids is 2. The lowest BCUT2D eigenvalue weighted by Gasteiger charge is -2.15. The van der Waals surface area contributed by atoms with E-state index in [2.05, 4.69) is 10.6 Å². The molecule has 2 aromatic carbocycles. The topological polar surface area (TPSA) is 76.7 Å². The monoisotopic (exact) mass is 374 g/mol. The second-order valence-electron chi connectivity index (χ2n) is 5.97. The summed E-state index contributed by atoms with van der Waals surface area (Å²) in [5.74, 6) is -1.08. The van der Waals surface area contributed by atoms with Gasteiger partial charge in [-0.2, -0.15) is 0 Å². The summed E-state index contributed by atoms with van der Waals surface area (Å²) in [7, 11) is 1.60. The minimum atomic E-state index is -0.532. The van der Waals surface area contributed by atoms with Crippen LogP contribution in [0.1, 0.15) is 23.7 Å². The molecule has 2 N–H and O–H groups in total. The van der Waals surface area contributed by atoms with Gasteiger partial charge < -0.3 is 20.1 Å². The van der Waals surface area contributed by atoms with Crippen LogP contribution in [0.4, 0.5) is 10.1 Å². The molecule has 144 valence electrons. The van der Waals surface area contributed by atoms with E-state index in [4.69, 9.17) is 9.47 Å². The molecule has 2 rings (SSSR count). The van der Waals surface area contributed by atoms with Crippen molar-refractivity contribution in [3.63, 3.8) is 0 Å². The van der Waals surface area contributed by atoms with Crippen molar-refractivity contribution in [3.8, 4) is 5.75 Å². The molecular weight excluding hydrogens is 351 g/mol. The molecule has 0 spiro atoms. The minimum absolute atomic E-state index is 0.0732. The van der Waals surface area contributed by atoms with E-state index in [9.17, 15) is 14.0 Å². The summed E-state index contributed by atoms with van der Waals surface area (Å²) in [6, 6.07) is 12.4. The quantitative estimate of drug-likeness (QED) is 0.707. The van der Waals surface area contributed by atoms with E-state index in [1.165, 1.54) is 18.2 Å². The summed E-state index contributed by atoms with van der Waals surface area (Å²) in [6.07, 6.45) is 0.677. The van der Waals surface area contributed by atoms with Crippen LogP contribution in [0.2, 0.25) is 0 Å². The summed E-state index contributed by atoms with van der Waals surface area (Å²) in [6.45, 7) is 2.07. The summed E-state index contributed by atoms with van der Waals surface area (Å²) in [5.41, 5.74) is 0.393. The molecule has 0 aliphatic heterocycles. The Kier molecular flexibility index (Phi) is 7.76. The molecule has 1 atom stereocenters. The number of hydrogen-bond donors (Lipinski definition) is 2. The Morgan fingerprint density at radius 1 is 1.11 bits per heavy atom. The van der Waals surface area contributed by atoms with Gasteiger partial charge in [0.05, 0.1) is 11.3 Å². The number of anilines is 1. The van der Waals surface area contributed by atoms with Crippen molar-refractivity contribution < 1.29 is 23.5 Å². The smallest absolute Gasteiger partial charge is 0.262 e. The maximum atomic E-state index is 13.6. The number of rotatable bonds is 9. The highest BCUT2D eigenvalue weighted by atomic mass is 19.1. The van der Waals surface area contributed by atoms with Crippen LogP contribution in [0, 0.1) is 5.82 Å². The van der Waals surface area contributed by atoms with Crippen LogP contribution in [0.15, 0.2) is 48.5 Å². The zero-order chi connectivity index (χ0) is 19.6. The standard InChI is InChI=1S/C20H23FN2O4/c1-14(11-12-26-2)22-20(25)15-7-3-6-10-18(15)27-13-19(24)23-17-9-5-4-8-16(17)21/h3-10,14H,11-13H2,1-2H3,(H,22,25)(H,23,24). The van der Waals surface area contributed by atoms with E-state index >= 15 is 0 Å². The Balaban J connectivity index is 1.96. The zero-order valence-electron chi connectivity index (χ0n) is 15.3. The van der Waals surface area contributed by atoms with Crippen LogP contribution < -0.4 is 15.4 Å². The minimum Gasteiger partial charge on any atom is -0.483 e. The van der Waals surface area contributed by atoms with Crippen molar-refractivity contribution in [2.45, 2.75) is 19.4 Å². The van der Waals surface area contributed by atoms with Crippen molar-refractivity contribution >= 4 is 17.5 Å². The zero-order valence-corrected chi connectivity index (χ0v) is 15.3. The van der Waals surface area contributed by atoms with Gasteiger partial charge in [0.25, 0.3) is 11.8 Å². The summed E-state index contributed by atoms with van der Waals surface area (Å²) >= 11 is 0. The Hall–Kier alpha value is -2.93. The second-order valence-corrected chi connectivity index (χ2v) is 5.97. The Morgan fingerprint density at radius 3 is 2.56 bits per heavy atom. The molecule has 0 fully saturated rings. The Bertz CT molecular complexity index is 782. The van der Waals surface area contributed by atoms with E-state index in [1.54, 1.807) is 37.4 Å². The lowest BCUT2D eigenvalue weighted by Crippen LogP contribution is -2.33. The first-order valence-corrected chi connectivity index (χ1v) is 8.57. The predicted molar refractivity (Wildman–Crippen MR) is 100 cm³/mol. The number of ether oxygens (including phenoxy) is 2. The van der Waals surface area contributed by atoms with Crippen LogP contribution in [0.5, 0.6) is 5.75 Å². The fourth-order valence-electron chi connectivity index (χ4n) is 2.34. The third-order valence-electron chi connectivity index (χ3n) is 3.77. The van der Waals surface area contributed by atoms with E-state index in [1.807, 2.05) is 6.92 Å². The van der Waals surface area contributed by atoms with Crippen molar-refractivity contribution in [2.75, 3.05) is 25.6 Å². The van der Waals surface area contributed by atoms with E-state index in [-0.39, 0.29) is 30.0 Å². The molecule has 0 aliphatic rings. The largest absolute Gasteiger partial charge is 0.483 e. The molecule has 0 aromatic heterocycles. The molecule has 1 unspecified atom stereocenters. The highest BCUT2D eigenvalue weighted by Crippen LogP contribution is 2.18. The van der Waals surface area contributed by atoms with Crippen LogP contribution in [0.3, 0.4) is 0 Å². The Labute approximate surface area is 157 Å². The fraction of sp³-hybridized carbons (Fsp3) is 0.300. The number of hydrogen-bond acceptors (Lipinski definition) is 4. The lowest BCUT2D eigenvalue weighted by atomic mass is 10.1. The van der Waals surface area contributed by atoms with Gasteiger partial charge in [-0.15, -0.1) is 0 Å². The van der Waals surface area contributed by atoms with Gasteiger partial charge in [-0.1, -0.05) is 24.3 Å². The van der Waals surface area contributed by atoms with Crippen molar-refractivity contribution in [1.82, 2.24) is 5.32 Å². The molecule has 0 radical (unpaired) electrons. The highest BCUT2D eigenvalue weighted by Gasteiger charge is 2.15. The highest BCUT2D eigenvalue weighted by molar-refractivity contribution is 5.97. The van der Waals surface area contributed by atoms with Gasteiger partial charge in [0.2, 0.25) is 0 Å².